The van der Waals surface area contributed by atoms with Crippen LogP contribution in [0.4, 0.5) is 0 Å². The quantitative estimate of drug-likeness (QED) is 0.909. The Morgan fingerprint density at radius 2 is 2.20 bits per heavy atom. The molecule has 2 atom stereocenters. The molecule has 0 spiro atoms. The number of ether oxygens (including phenoxy) is 1. The molecular formula is C16H21N3O. The van der Waals surface area contributed by atoms with Crippen molar-refractivity contribution in [2.75, 3.05) is 13.2 Å². The van der Waals surface area contributed by atoms with Gasteiger partial charge in [-0.2, -0.15) is 5.10 Å². The molecule has 0 saturated carbocycles. The van der Waals surface area contributed by atoms with Crippen molar-refractivity contribution in [3.8, 4) is 5.75 Å². The summed E-state index contributed by atoms with van der Waals surface area (Å²) in [6.45, 7) is 6.81. The van der Waals surface area contributed by atoms with Crippen LogP contribution in [0.25, 0.3) is 0 Å². The highest BCUT2D eigenvalue weighted by molar-refractivity contribution is 5.41. The minimum Gasteiger partial charge on any atom is -0.493 e. The van der Waals surface area contributed by atoms with Gasteiger partial charge in [0.2, 0.25) is 0 Å². The zero-order valence-corrected chi connectivity index (χ0v) is 12.0. The summed E-state index contributed by atoms with van der Waals surface area (Å²) in [5.74, 6) is 1.36. The van der Waals surface area contributed by atoms with Gasteiger partial charge in [-0.05, 0) is 25.6 Å². The van der Waals surface area contributed by atoms with Crippen LogP contribution in [0.2, 0.25) is 0 Å². The molecule has 2 aromatic rings. The Labute approximate surface area is 119 Å². The number of rotatable bonds is 5. The van der Waals surface area contributed by atoms with Gasteiger partial charge in [0, 0.05) is 24.2 Å². The Balaban J connectivity index is 1.96. The van der Waals surface area contributed by atoms with Gasteiger partial charge in [-0.1, -0.05) is 25.1 Å². The van der Waals surface area contributed by atoms with Gasteiger partial charge in [0.25, 0.3) is 0 Å². The Kier molecular flexibility index (Phi) is 3.74. The lowest BCUT2D eigenvalue weighted by Gasteiger charge is -2.24. The summed E-state index contributed by atoms with van der Waals surface area (Å²) in [6.07, 6.45) is 1.88. The summed E-state index contributed by atoms with van der Waals surface area (Å²) in [4.78, 5) is 0. The lowest BCUT2D eigenvalue weighted by atomic mass is 9.91. The first-order valence-corrected chi connectivity index (χ1v) is 7.32. The average Bonchev–Trinajstić information content (AvgIpc) is 3.11. The van der Waals surface area contributed by atoms with Crippen LogP contribution < -0.4 is 10.1 Å². The normalized spacial score (nSPS) is 18.6. The largest absolute Gasteiger partial charge is 0.493 e. The van der Waals surface area contributed by atoms with Crippen molar-refractivity contribution in [3.63, 3.8) is 0 Å². The first-order chi connectivity index (χ1) is 9.85. The summed E-state index contributed by atoms with van der Waals surface area (Å²) >= 11 is 0. The number of likely N-dealkylation sites (N-methyl/N-ethyl adjacent to an activating group) is 1. The molecule has 1 aliphatic heterocycles. The van der Waals surface area contributed by atoms with E-state index in [-0.39, 0.29) is 6.04 Å². The third-order valence-corrected chi connectivity index (χ3v) is 3.93. The van der Waals surface area contributed by atoms with E-state index < -0.39 is 0 Å². The van der Waals surface area contributed by atoms with Gasteiger partial charge in [0.05, 0.1) is 18.3 Å². The molecule has 0 bridgehead atoms. The van der Waals surface area contributed by atoms with E-state index in [4.69, 9.17) is 4.74 Å². The van der Waals surface area contributed by atoms with Crippen LogP contribution in [-0.4, -0.2) is 22.9 Å². The number of aromatic nitrogens is 2. The van der Waals surface area contributed by atoms with Crippen LogP contribution >= 0.6 is 0 Å². The molecule has 4 heteroatoms. The van der Waals surface area contributed by atoms with Crippen molar-refractivity contribution < 1.29 is 4.74 Å². The fraction of sp³-hybridized carbons (Fsp3) is 0.438. The number of nitrogens with one attached hydrogen (secondary N) is 1. The SMILES string of the molecule is CCNC(c1ccnn1CC)C1COc2ccccc21. The van der Waals surface area contributed by atoms with Gasteiger partial charge < -0.3 is 10.1 Å². The van der Waals surface area contributed by atoms with Crippen molar-refractivity contribution in [2.45, 2.75) is 32.4 Å². The molecule has 4 nitrogen and oxygen atoms in total. The molecule has 1 N–H and O–H groups in total. The van der Waals surface area contributed by atoms with Gasteiger partial charge in [0.1, 0.15) is 5.75 Å². The molecule has 2 heterocycles. The lowest BCUT2D eigenvalue weighted by Crippen LogP contribution is -2.30. The van der Waals surface area contributed by atoms with Crippen molar-refractivity contribution in [1.29, 1.82) is 0 Å². The summed E-state index contributed by atoms with van der Waals surface area (Å²) < 4.78 is 7.90. The second-order valence-corrected chi connectivity index (χ2v) is 5.06. The van der Waals surface area contributed by atoms with Gasteiger partial charge in [0.15, 0.2) is 0 Å². The molecule has 3 rings (SSSR count). The molecule has 2 unspecified atom stereocenters. The molecule has 0 radical (unpaired) electrons. The van der Waals surface area contributed by atoms with E-state index in [1.54, 1.807) is 0 Å². The number of hydrogen-bond acceptors (Lipinski definition) is 3. The molecule has 20 heavy (non-hydrogen) atoms. The minimum atomic E-state index is 0.242. The molecule has 1 aliphatic rings. The summed E-state index contributed by atoms with van der Waals surface area (Å²) in [5, 5.41) is 8.00. The Morgan fingerprint density at radius 3 is 3.00 bits per heavy atom. The second kappa shape index (κ2) is 5.67. The molecule has 0 fully saturated rings. The van der Waals surface area contributed by atoms with Crippen molar-refractivity contribution >= 4 is 0 Å². The predicted molar refractivity (Wildman–Crippen MR) is 79.0 cm³/mol. The number of nitrogens with zero attached hydrogens (tertiary/aromatic N) is 2. The van der Waals surface area contributed by atoms with E-state index in [2.05, 4.69) is 53.2 Å². The van der Waals surface area contributed by atoms with Crippen LogP contribution in [0.15, 0.2) is 36.5 Å². The number of para-hydroxylation sites is 1. The van der Waals surface area contributed by atoms with Gasteiger partial charge >= 0.3 is 0 Å². The highest BCUT2D eigenvalue weighted by Gasteiger charge is 2.33. The lowest BCUT2D eigenvalue weighted by molar-refractivity contribution is 0.295. The van der Waals surface area contributed by atoms with E-state index in [1.807, 2.05) is 12.3 Å². The van der Waals surface area contributed by atoms with Crippen LogP contribution in [-0.2, 0) is 6.54 Å². The van der Waals surface area contributed by atoms with Crippen LogP contribution in [0.5, 0.6) is 5.75 Å². The van der Waals surface area contributed by atoms with E-state index in [9.17, 15) is 0 Å². The van der Waals surface area contributed by atoms with Crippen LogP contribution in [0.1, 0.15) is 37.1 Å². The zero-order chi connectivity index (χ0) is 13.9. The average molecular weight is 271 g/mol. The summed E-state index contributed by atoms with van der Waals surface area (Å²) in [5.41, 5.74) is 2.53. The molecular weight excluding hydrogens is 250 g/mol. The highest BCUT2D eigenvalue weighted by Crippen LogP contribution is 2.40. The minimum absolute atomic E-state index is 0.242. The van der Waals surface area contributed by atoms with Crippen LogP contribution in [0, 0.1) is 0 Å². The maximum atomic E-state index is 5.84. The predicted octanol–water partition coefficient (Wildman–Crippen LogP) is 2.73. The Hall–Kier alpha value is -1.81. The van der Waals surface area contributed by atoms with E-state index in [1.165, 1.54) is 11.3 Å². The van der Waals surface area contributed by atoms with Crippen LogP contribution in [0.3, 0.4) is 0 Å². The molecule has 0 amide bonds. The maximum absolute atomic E-state index is 5.84. The number of aryl methyl sites for hydroxylation is 1. The first-order valence-electron chi connectivity index (χ1n) is 7.32. The Morgan fingerprint density at radius 1 is 1.35 bits per heavy atom. The smallest absolute Gasteiger partial charge is 0.122 e. The molecule has 0 saturated heterocycles. The number of hydrogen-bond donors (Lipinski definition) is 1. The van der Waals surface area contributed by atoms with E-state index in [0.29, 0.717) is 5.92 Å². The maximum Gasteiger partial charge on any atom is 0.122 e. The van der Waals surface area contributed by atoms with Crippen molar-refractivity contribution in [1.82, 2.24) is 15.1 Å². The molecule has 1 aromatic heterocycles. The summed E-state index contributed by atoms with van der Waals surface area (Å²) in [7, 11) is 0. The Bertz CT molecular complexity index is 579. The fourth-order valence-corrected chi connectivity index (χ4v) is 3.01. The topological polar surface area (TPSA) is 39.1 Å². The first kappa shape index (κ1) is 13.2. The van der Waals surface area contributed by atoms with Crippen molar-refractivity contribution in [2.24, 2.45) is 0 Å². The third-order valence-electron chi connectivity index (χ3n) is 3.93. The third kappa shape index (κ3) is 2.20. The second-order valence-electron chi connectivity index (χ2n) is 5.06. The van der Waals surface area contributed by atoms with Crippen molar-refractivity contribution in [3.05, 3.63) is 47.8 Å². The zero-order valence-electron chi connectivity index (χ0n) is 12.0. The highest BCUT2D eigenvalue weighted by atomic mass is 16.5. The van der Waals surface area contributed by atoms with Gasteiger partial charge in [-0.15, -0.1) is 0 Å². The molecule has 0 aliphatic carbocycles. The fourth-order valence-electron chi connectivity index (χ4n) is 3.01. The molecule has 1 aromatic carbocycles. The van der Waals surface area contributed by atoms with E-state index >= 15 is 0 Å². The van der Waals surface area contributed by atoms with Gasteiger partial charge in [-0.25, -0.2) is 0 Å². The number of benzene rings is 1. The monoisotopic (exact) mass is 271 g/mol. The van der Waals surface area contributed by atoms with E-state index in [0.717, 1.165) is 25.4 Å². The molecule has 106 valence electrons. The van der Waals surface area contributed by atoms with Gasteiger partial charge in [-0.3, -0.25) is 4.68 Å². The number of fused-ring (bicyclic) bond motifs is 1. The standard InChI is InChI=1S/C16H21N3O/c1-3-17-16(14-9-10-18-19(14)4-2)13-11-20-15-8-6-5-7-12(13)15/h5-10,13,16-17H,3-4,11H2,1-2H3. The summed E-state index contributed by atoms with van der Waals surface area (Å²) in [6, 6.07) is 10.7.